The van der Waals surface area contributed by atoms with Gasteiger partial charge in [0, 0.05) is 5.92 Å². The van der Waals surface area contributed by atoms with Gasteiger partial charge in [-0.05, 0) is 53.7 Å². The number of nitrogens with zero attached hydrogens (tertiary/aromatic N) is 1. The number of amides is 1. The minimum atomic E-state index is -3.06. The lowest BCUT2D eigenvalue weighted by atomic mass is 9.50. The van der Waals surface area contributed by atoms with Gasteiger partial charge in [-0.3, -0.25) is 28.9 Å². The Morgan fingerprint density at radius 3 is 2.31 bits per heavy atom. The SMILES string of the molecule is CN(C)[C@H]1C(=O)C(C(N)=O)C(=O)[C@]2(O)C(=O)C3C(=O)c4c(O)cccc4C(=Cc4ccc5ccccc5c4)[C@@H]3[C@@H](O)[C@H]12. The van der Waals surface area contributed by atoms with Gasteiger partial charge in [0.1, 0.15) is 5.75 Å². The number of aliphatic hydroxyl groups is 2. The highest BCUT2D eigenvalue weighted by atomic mass is 16.3. The predicted octanol–water partition coefficient (Wildman–Crippen LogP) is 0.989. The zero-order valence-corrected chi connectivity index (χ0v) is 22.7. The molecule has 0 aromatic heterocycles. The molecule has 2 saturated carbocycles. The lowest BCUT2D eigenvalue weighted by Gasteiger charge is -2.55. The summed E-state index contributed by atoms with van der Waals surface area (Å²) in [4.78, 5) is 68.6. The number of primary amides is 1. The Morgan fingerprint density at radius 2 is 1.64 bits per heavy atom. The minimum Gasteiger partial charge on any atom is -0.507 e. The van der Waals surface area contributed by atoms with Crippen molar-refractivity contribution in [1.29, 1.82) is 0 Å². The van der Waals surface area contributed by atoms with Crippen LogP contribution < -0.4 is 5.73 Å². The fraction of sp³-hybridized carbons (Fsp3) is 0.281. The Labute approximate surface area is 240 Å². The number of carbonyl (C=O) groups is 5. The number of rotatable bonds is 3. The molecule has 0 saturated heterocycles. The van der Waals surface area contributed by atoms with Crippen molar-refractivity contribution in [3.05, 3.63) is 77.4 Å². The number of likely N-dealkylation sites (N-methyl/N-ethyl adjacent to an activating group) is 1. The van der Waals surface area contributed by atoms with Gasteiger partial charge in [-0.1, -0.05) is 54.6 Å². The summed E-state index contributed by atoms with van der Waals surface area (Å²) in [5.74, 6) is -13.2. The fourth-order valence-electron chi connectivity index (χ4n) is 7.15. The largest absolute Gasteiger partial charge is 0.507 e. The van der Waals surface area contributed by atoms with Gasteiger partial charge in [-0.25, -0.2) is 0 Å². The first kappa shape index (κ1) is 27.6. The van der Waals surface area contributed by atoms with Gasteiger partial charge in [0.15, 0.2) is 34.7 Å². The number of fused-ring (bicyclic) bond motifs is 4. The standard InChI is InChI=1S/C32H28N2O8/c1-34(2)25-24-27(37)21-18(13-14-10-11-15-6-3-4-7-16(15)12-14)17-8-5-9-19(35)20(17)26(36)22(21)29(39)32(24,42)30(40)23(28(25)38)31(33)41/h3-13,21-25,27,35,37,42H,1-2H3,(H2,33,41)/t21-,22?,23?,24-,25+,27+,32+/m0/s1. The molecule has 10 heteroatoms. The molecule has 1 amide bonds. The summed E-state index contributed by atoms with van der Waals surface area (Å²) in [6.07, 6.45) is -0.0723. The van der Waals surface area contributed by atoms with E-state index in [1.807, 2.05) is 42.5 Å². The van der Waals surface area contributed by atoms with Gasteiger partial charge in [-0.2, -0.15) is 0 Å². The summed E-state index contributed by atoms with van der Waals surface area (Å²) in [5.41, 5.74) is 3.37. The van der Waals surface area contributed by atoms with Crippen LogP contribution in [-0.4, -0.2) is 81.1 Å². The maximum absolute atomic E-state index is 14.2. The van der Waals surface area contributed by atoms with Crippen LogP contribution >= 0.6 is 0 Å². The molecule has 3 aliphatic rings. The van der Waals surface area contributed by atoms with Crippen molar-refractivity contribution in [1.82, 2.24) is 4.90 Å². The van der Waals surface area contributed by atoms with E-state index in [0.29, 0.717) is 11.1 Å². The molecule has 42 heavy (non-hydrogen) atoms. The second-order valence-corrected chi connectivity index (χ2v) is 11.4. The Bertz CT molecular complexity index is 1760. The lowest BCUT2D eigenvalue weighted by Crippen LogP contribution is -2.77. The number of nitrogens with two attached hydrogens (primary N) is 1. The Balaban J connectivity index is 1.61. The molecular weight excluding hydrogens is 540 g/mol. The Kier molecular flexibility index (Phi) is 6.27. The summed E-state index contributed by atoms with van der Waals surface area (Å²) < 4.78 is 0. The van der Waals surface area contributed by atoms with Gasteiger partial charge in [0.25, 0.3) is 0 Å². The average Bonchev–Trinajstić information content (AvgIpc) is 2.94. The van der Waals surface area contributed by atoms with Crippen LogP contribution in [0.5, 0.6) is 5.75 Å². The Hall–Kier alpha value is -4.51. The van der Waals surface area contributed by atoms with Crippen molar-refractivity contribution in [3.8, 4) is 5.75 Å². The molecule has 0 spiro atoms. The highest BCUT2D eigenvalue weighted by molar-refractivity contribution is 6.33. The van der Waals surface area contributed by atoms with Crippen molar-refractivity contribution in [2.45, 2.75) is 17.7 Å². The van der Waals surface area contributed by atoms with Gasteiger partial charge in [0.05, 0.1) is 29.5 Å². The monoisotopic (exact) mass is 568 g/mol. The maximum atomic E-state index is 14.2. The number of ketones is 4. The van der Waals surface area contributed by atoms with E-state index in [2.05, 4.69) is 0 Å². The summed E-state index contributed by atoms with van der Waals surface area (Å²) in [7, 11) is 2.90. The molecule has 3 aliphatic carbocycles. The van der Waals surface area contributed by atoms with Crippen LogP contribution in [0.3, 0.4) is 0 Å². The number of aromatic hydroxyl groups is 1. The number of phenols is 1. The molecule has 3 aromatic carbocycles. The van der Waals surface area contributed by atoms with E-state index in [-0.39, 0.29) is 11.1 Å². The van der Waals surface area contributed by atoms with Crippen molar-refractivity contribution >= 4 is 51.5 Å². The van der Waals surface area contributed by atoms with Crippen molar-refractivity contribution < 1.29 is 39.3 Å². The summed E-state index contributed by atoms with van der Waals surface area (Å²) in [6.45, 7) is 0. The van der Waals surface area contributed by atoms with E-state index in [9.17, 15) is 39.3 Å². The molecule has 0 radical (unpaired) electrons. The predicted molar refractivity (Wildman–Crippen MR) is 151 cm³/mol. The van der Waals surface area contributed by atoms with Crippen LogP contribution in [-0.2, 0) is 19.2 Å². The number of carbonyl (C=O) groups excluding carboxylic acids is 5. The van der Waals surface area contributed by atoms with Crippen LogP contribution in [0.1, 0.15) is 21.5 Å². The number of aliphatic hydroxyl groups excluding tert-OH is 1. The van der Waals surface area contributed by atoms with Crippen LogP contribution in [0.15, 0.2) is 60.7 Å². The molecule has 0 aliphatic heterocycles. The number of hydrogen-bond acceptors (Lipinski definition) is 9. The molecule has 0 bridgehead atoms. The molecule has 7 atom stereocenters. The van der Waals surface area contributed by atoms with Gasteiger partial charge in [0.2, 0.25) is 5.91 Å². The van der Waals surface area contributed by atoms with E-state index >= 15 is 0 Å². The molecule has 2 fully saturated rings. The van der Waals surface area contributed by atoms with E-state index < -0.39 is 76.2 Å². The van der Waals surface area contributed by atoms with E-state index in [4.69, 9.17) is 5.73 Å². The van der Waals surface area contributed by atoms with Gasteiger partial charge >= 0.3 is 0 Å². The number of phenolic OH excluding ortho intramolecular Hbond substituents is 1. The molecule has 0 heterocycles. The summed E-state index contributed by atoms with van der Waals surface area (Å²) >= 11 is 0. The van der Waals surface area contributed by atoms with Crippen molar-refractivity contribution in [3.63, 3.8) is 0 Å². The molecule has 214 valence electrons. The van der Waals surface area contributed by atoms with Gasteiger partial charge < -0.3 is 21.1 Å². The summed E-state index contributed by atoms with van der Waals surface area (Å²) in [5, 5.41) is 36.5. The van der Waals surface area contributed by atoms with Crippen molar-refractivity contribution in [2.75, 3.05) is 14.1 Å². The Morgan fingerprint density at radius 1 is 0.952 bits per heavy atom. The molecule has 2 unspecified atom stereocenters. The highest BCUT2D eigenvalue weighted by Gasteiger charge is 2.72. The number of benzene rings is 3. The number of hydrogen-bond donors (Lipinski definition) is 4. The quantitative estimate of drug-likeness (QED) is 0.336. The maximum Gasteiger partial charge on any atom is 0.235 e. The summed E-state index contributed by atoms with van der Waals surface area (Å²) in [6, 6.07) is 16.2. The molecule has 10 nitrogen and oxygen atoms in total. The van der Waals surface area contributed by atoms with Crippen molar-refractivity contribution in [2.24, 2.45) is 29.4 Å². The van der Waals surface area contributed by atoms with Crippen LogP contribution in [0.2, 0.25) is 0 Å². The van der Waals surface area contributed by atoms with Crippen LogP contribution in [0.25, 0.3) is 22.4 Å². The highest BCUT2D eigenvalue weighted by Crippen LogP contribution is 2.54. The van der Waals surface area contributed by atoms with Crippen LogP contribution in [0.4, 0.5) is 0 Å². The third-order valence-electron chi connectivity index (χ3n) is 8.97. The molecule has 5 N–H and O–H groups in total. The third kappa shape index (κ3) is 3.65. The second kappa shape index (κ2) is 9.52. The average molecular weight is 569 g/mol. The van der Waals surface area contributed by atoms with E-state index in [1.54, 1.807) is 12.1 Å². The normalized spacial score (nSPS) is 31.7. The first-order valence-electron chi connectivity index (χ1n) is 13.4. The smallest absolute Gasteiger partial charge is 0.235 e. The zero-order chi connectivity index (χ0) is 30.2. The second-order valence-electron chi connectivity index (χ2n) is 11.4. The molecule has 3 aromatic rings. The van der Waals surface area contributed by atoms with E-state index in [1.165, 1.54) is 31.1 Å². The van der Waals surface area contributed by atoms with E-state index in [0.717, 1.165) is 10.8 Å². The topological polar surface area (TPSA) is 175 Å². The number of Topliss-reactive ketones (excluding diaryl/α,β-unsaturated/α-hetero) is 4. The molecular formula is C32H28N2O8. The first-order chi connectivity index (χ1) is 19.9. The fourth-order valence-corrected chi connectivity index (χ4v) is 7.15. The first-order valence-corrected chi connectivity index (χ1v) is 13.4. The van der Waals surface area contributed by atoms with Crippen LogP contribution in [0, 0.1) is 23.7 Å². The lowest BCUT2D eigenvalue weighted by molar-refractivity contribution is -0.192. The zero-order valence-electron chi connectivity index (χ0n) is 22.7. The molecule has 6 rings (SSSR count). The third-order valence-corrected chi connectivity index (χ3v) is 8.97. The minimum absolute atomic E-state index is 0.191. The van der Waals surface area contributed by atoms with Gasteiger partial charge in [-0.15, -0.1) is 0 Å².